The first-order valence-corrected chi connectivity index (χ1v) is 8.58. The highest BCUT2D eigenvalue weighted by atomic mass is 35.5. The number of fused-ring (bicyclic) bond motifs is 1. The number of nitrogens with one attached hydrogen (secondary N) is 1. The van der Waals surface area contributed by atoms with Crippen molar-refractivity contribution in [2.45, 2.75) is 18.9 Å². The molecule has 8 heteroatoms. The summed E-state index contributed by atoms with van der Waals surface area (Å²) in [5.74, 6) is -0.156. The molecule has 7 nitrogen and oxygen atoms in total. The summed E-state index contributed by atoms with van der Waals surface area (Å²) in [6, 6.07) is 7.70. The molecule has 1 amide bonds. The third-order valence-corrected chi connectivity index (χ3v) is 4.55. The van der Waals surface area contributed by atoms with Gasteiger partial charge in [0.05, 0.1) is 0 Å². The SMILES string of the molecule is Cn1ccc(C(=O)NC2CCCN(c3nc4ccc(Cl)cc4o3)C2)n1. The van der Waals surface area contributed by atoms with E-state index < -0.39 is 0 Å². The molecule has 1 fully saturated rings. The second kappa shape index (κ2) is 6.40. The van der Waals surface area contributed by atoms with E-state index in [0.29, 0.717) is 28.9 Å². The van der Waals surface area contributed by atoms with Gasteiger partial charge in [-0.15, -0.1) is 0 Å². The molecule has 1 saturated heterocycles. The maximum absolute atomic E-state index is 12.3. The zero-order valence-electron chi connectivity index (χ0n) is 13.8. The Balaban J connectivity index is 1.47. The van der Waals surface area contributed by atoms with E-state index in [4.69, 9.17) is 16.0 Å². The zero-order valence-corrected chi connectivity index (χ0v) is 14.5. The Morgan fingerprint density at radius 3 is 3.08 bits per heavy atom. The summed E-state index contributed by atoms with van der Waals surface area (Å²) in [5, 5.41) is 7.80. The molecule has 1 aliphatic heterocycles. The van der Waals surface area contributed by atoms with Gasteiger partial charge in [-0.1, -0.05) is 11.6 Å². The number of amides is 1. The van der Waals surface area contributed by atoms with Gasteiger partial charge in [-0.05, 0) is 31.0 Å². The average molecular weight is 360 g/mol. The molecule has 4 rings (SSSR count). The molecule has 0 bridgehead atoms. The van der Waals surface area contributed by atoms with Crippen molar-refractivity contribution in [3.05, 3.63) is 41.2 Å². The number of carbonyl (C=O) groups is 1. The van der Waals surface area contributed by atoms with Gasteiger partial charge in [-0.25, -0.2) is 0 Å². The first-order chi connectivity index (χ1) is 12.1. The molecule has 3 aromatic rings. The number of anilines is 1. The van der Waals surface area contributed by atoms with Crippen molar-refractivity contribution in [1.82, 2.24) is 20.1 Å². The quantitative estimate of drug-likeness (QED) is 0.778. The number of aryl methyl sites for hydroxylation is 1. The summed E-state index contributed by atoms with van der Waals surface area (Å²) in [4.78, 5) is 18.9. The molecular formula is C17H18ClN5O2. The summed E-state index contributed by atoms with van der Waals surface area (Å²) < 4.78 is 7.45. The van der Waals surface area contributed by atoms with Crippen LogP contribution in [0.4, 0.5) is 6.01 Å². The second-order valence-corrected chi connectivity index (χ2v) is 6.68. The number of nitrogens with zero attached hydrogens (tertiary/aromatic N) is 4. The van der Waals surface area contributed by atoms with Crippen LogP contribution in [0.1, 0.15) is 23.3 Å². The zero-order chi connectivity index (χ0) is 17.4. The first kappa shape index (κ1) is 16.0. The average Bonchev–Trinajstić information content (AvgIpc) is 3.21. The van der Waals surface area contributed by atoms with Crippen LogP contribution in [0.2, 0.25) is 5.02 Å². The summed E-state index contributed by atoms with van der Waals surface area (Å²) in [6.45, 7) is 1.50. The van der Waals surface area contributed by atoms with Crippen molar-refractivity contribution in [2.75, 3.05) is 18.0 Å². The number of oxazole rings is 1. The highest BCUT2D eigenvalue weighted by Gasteiger charge is 2.25. The van der Waals surface area contributed by atoms with Gasteiger partial charge in [0, 0.05) is 43.5 Å². The van der Waals surface area contributed by atoms with Crippen molar-refractivity contribution in [1.29, 1.82) is 0 Å². The van der Waals surface area contributed by atoms with E-state index in [1.165, 1.54) is 0 Å². The third kappa shape index (κ3) is 3.32. The minimum atomic E-state index is -0.156. The van der Waals surface area contributed by atoms with Gasteiger partial charge >= 0.3 is 0 Å². The fourth-order valence-electron chi connectivity index (χ4n) is 3.09. The molecule has 1 aromatic carbocycles. The lowest BCUT2D eigenvalue weighted by molar-refractivity contribution is 0.0927. The van der Waals surface area contributed by atoms with E-state index in [0.717, 1.165) is 24.9 Å². The highest BCUT2D eigenvalue weighted by molar-refractivity contribution is 6.31. The third-order valence-electron chi connectivity index (χ3n) is 4.31. The Bertz CT molecular complexity index is 919. The number of aromatic nitrogens is 3. The fourth-order valence-corrected chi connectivity index (χ4v) is 3.25. The molecule has 1 atom stereocenters. The number of piperidine rings is 1. The van der Waals surface area contributed by atoms with Gasteiger partial charge in [0.1, 0.15) is 11.2 Å². The lowest BCUT2D eigenvalue weighted by Crippen LogP contribution is -2.48. The molecule has 1 aliphatic rings. The molecule has 3 heterocycles. The Hall–Kier alpha value is -2.54. The van der Waals surface area contributed by atoms with Gasteiger partial charge in [0.2, 0.25) is 0 Å². The monoisotopic (exact) mass is 359 g/mol. The predicted molar refractivity (Wildman–Crippen MR) is 94.9 cm³/mol. The van der Waals surface area contributed by atoms with Crippen LogP contribution < -0.4 is 10.2 Å². The summed E-state index contributed by atoms with van der Waals surface area (Å²) in [6.07, 6.45) is 3.62. The van der Waals surface area contributed by atoms with Crippen LogP contribution in [-0.4, -0.2) is 39.8 Å². The minimum Gasteiger partial charge on any atom is -0.423 e. The van der Waals surface area contributed by atoms with Crippen molar-refractivity contribution in [3.8, 4) is 0 Å². The number of hydrogen-bond acceptors (Lipinski definition) is 5. The van der Waals surface area contributed by atoms with Crippen LogP contribution in [0.5, 0.6) is 0 Å². The van der Waals surface area contributed by atoms with Crippen LogP contribution >= 0.6 is 11.6 Å². The Labute approximate surface area is 149 Å². The van der Waals surface area contributed by atoms with Crippen molar-refractivity contribution in [3.63, 3.8) is 0 Å². The summed E-state index contributed by atoms with van der Waals surface area (Å²) in [5.41, 5.74) is 1.87. The van der Waals surface area contributed by atoms with Crippen molar-refractivity contribution < 1.29 is 9.21 Å². The van der Waals surface area contributed by atoms with Crippen LogP contribution in [-0.2, 0) is 7.05 Å². The Morgan fingerprint density at radius 1 is 1.40 bits per heavy atom. The number of hydrogen-bond donors (Lipinski definition) is 1. The van der Waals surface area contributed by atoms with Gasteiger partial charge in [0.15, 0.2) is 5.58 Å². The van der Waals surface area contributed by atoms with Crippen LogP contribution in [0.3, 0.4) is 0 Å². The molecular weight excluding hydrogens is 342 g/mol. The molecule has 2 aromatic heterocycles. The number of benzene rings is 1. The van der Waals surface area contributed by atoms with Gasteiger partial charge in [-0.3, -0.25) is 9.48 Å². The number of rotatable bonds is 3. The molecule has 1 unspecified atom stereocenters. The van der Waals surface area contributed by atoms with E-state index >= 15 is 0 Å². The van der Waals surface area contributed by atoms with E-state index in [-0.39, 0.29) is 11.9 Å². The molecule has 0 aliphatic carbocycles. The molecule has 0 spiro atoms. The maximum Gasteiger partial charge on any atom is 0.298 e. The smallest absolute Gasteiger partial charge is 0.298 e. The molecule has 1 N–H and O–H groups in total. The predicted octanol–water partition coefficient (Wildman–Crippen LogP) is 2.61. The lowest BCUT2D eigenvalue weighted by Gasteiger charge is -2.31. The number of carbonyl (C=O) groups excluding carboxylic acids is 1. The van der Waals surface area contributed by atoms with Gasteiger partial charge in [0.25, 0.3) is 11.9 Å². The van der Waals surface area contributed by atoms with Crippen LogP contribution in [0.15, 0.2) is 34.9 Å². The Kier molecular flexibility index (Phi) is 4.09. The van der Waals surface area contributed by atoms with Gasteiger partial charge in [-0.2, -0.15) is 10.1 Å². The largest absolute Gasteiger partial charge is 0.423 e. The summed E-state index contributed by atoms with van der Waals surface area (Å²) >= 11 is 6.00. The van der Waals surface area contributed by atoms with Crippen molar-refractivity contribution in [2.24, 2.45) is 7.05 Å². The number of halogens is 1. The van der Waals surface area contributed by atoms with E-state index in [9.17, 15) is 4.79 Å². The van der Waals surface area contributed by atoms with E-state index in [1.807, 2.05) is 6.07 Å². The fraction of sp³-hybridized carbons (Fsp3) is 0.353. The normalized spacial score (nSPS) is 17.8. The minimum absolute atomic E-state index is 0.0295. The Morgan fingerprint density at radius 2 is 2.28 bits per heavy atom. The second-order valence-electron chi connectivity index (χ2n) is 6.24. The maximum atomic E-state index is 12.3. The molecule has 0 saturated carbocycles. The van der Waals surface area contributed by atoms with Gasteiger partial charge < -0.3 is 14.6 Å². The van der Waals surface area contributed by atoms with E-state index in [1.54, 1.807) is 36.1 Å². The first-order valence-electron chi connectivity index (χ1n) is 8.20. The molecule has 0 radical (unpaired) electrons. The van der Waals surface area contributed by atoms with Crippen LogP contribution in [0.25, 0.3) is 11.1 Å². The topological polar surface area (TPSA) is 76.2 Å². The highest BCUT2D eigenvalue weighted by Crippen LogP contribution is 2.26. The van der Waals surface area contributed by atoms with Crippen LogP contribution in [0, 0.1) is 0 Å². The van der Waals surface area contributed by atoms with Crippen molar-refractivity contribution >= 4 is 34.6 Å². The van der Waals surface area contributed by atoms with E-state index in [2.05, 4.69) is 20.3 Å². The summed E-state index contributed by atoms with van der Waals surface area (Å²) in [7, 11) is 1.79. The molecule has 25 heavy (non-hydrogen) atoms. The lowest BCUT2D eigenvalue weighted by atomic mass is 10.1. The standard InChI is InChI=1S/C17H18ClN5O2/c1-22-8-6-14(21-22)16(24)19-12-3-2-7-23(10-12)17-20-13-5-4-11(18)9-15(13)25-17/h4-6,8-9,12H,2-3,7,10H2,1H3,(H,19,24). The molecule has 130 valence electrons.